The topological polar surface area (TPSA) is 76.1 Å². The van der Waals surface area contributed by atoms with Crippen molar-refractivity contribution in [3.63, 3.8) is 0 Å². The number of hydrogen-bond acceptors (Lipinski definition) is 5. The highest BCUT2D eigenvalue weighted by atomic mass is 16.4. The lowest BCUT2D eigenvalue weighted by molar-refractivity contribution is -0.138. The molecule has 0 radical (unpaired) electrons. The molecule has 0 aromatic heterocycles. The van der Waals surface area contributed by atoms with Crippen LogP contribution in [0.25, 0.3) is 0 Å². The summed E-state index contributed by atoms with van der Waals surface area (Å²) in [4.78, 5) is 29.5. The quantitative estimate of drug-likeness (QED) is 0.484. The maximum absolute atomic E-state index is 12.3. The number of nitrogens with zero attached hydrogens (tertiary/aromatic N) is 3. The lowest BCUT2D eigenvalue weighted by atomic mass is 10.0. The van der Waals surface area contributed by atoms with Crippen molar-refractivity contribution in [2.24, 2.45) is 23.7 Å². The fourth-order valence-electron chi connectivity index (χ4n) is 7.78. The van der Waals surface area contributed by atoms with Crippen LogP contribution in [-0.2, 0) is 9.59 Å². The van der Waals surface area contributed by atoms with Crippen molar-refractivity contribution in [2.75, 3.05) is 39.3 Å². The van der Waals surface area contributed by atoms with Gasteiger partial charge in [-0.3, -0.25) is 19.4 Å². The van der Waals surface area contributed by atoms with Gasteiger partial charge in [-0.25, -0.2) is 0 Å². The first-order valence-electron chi connectivity index (χ1n) is 16.7. The van der Waals surface area contributed by atoms with Crippen molar-refractivity contribution in [1.82, 2.24) is 20.0 Å². The molecule has 7 nitrogen and oxygen atoms in total. The summed E-state index contributed by atoms with van der Waals surface area (Å²) >= 11 is 0. The van der Waals surface area contributed by atoms with Gasteiger partial charge >= 0.3 is 5.97 Å². The zero-order valence-corrected chi connectivity index (χ0v) is 26.0. The van der Waals surface area contributed by atoms with E-state index in [1.54, 1.807) is 0 Å². The molecule has 2 aromatic rings. The number of carboxylic acid groups (broad SMARTS) is 1. The number of carbonyl (C=O) groups excluding carboxylic acids is 1. The molecule has 6 aliphatic rings. The van der Waals surface area contributed by atoms with Gasteiger partial charge in [0, 0.05) is 49.7 Å². The smallest absolute Gasteiger partial charge is 0.306 e. The number of benzene rings is 2. The van der Waals surface area contributed by atoms with Crippen molar-refractivity contribution >= 4 is 11.9 Å². The Kier molecular flexibility index (Phi) is 9.51. The van der Waals surface area contributed by atoms with Crippen LogP contribution in [0.5, 0.6) is 0 Å². The van der Waals surface area contributed by atoms with E-state index in [0.29, 0.717) is 35.9 Å². The Balaban J connectivity index is 0.000000132. The van der Waals surface area contributed by atoms with Gasteiger partial charge in [-0.1, -0.05) is 60.7 Å². The van der Waals surface area contributed by atoms with E-state index in [9.17, 15) is 9.59 Å². The second-order valence-electron chi connectivity index (χ2n) is 13.7. The standard InChI is InChI=1S/C18H24N2O.C14H20N2.C4H6O2/c1-13(14-5-3-2-4-6-14)20-10-9-16-11-19(12-17(16)20)18(21)15-7-8-15;1-11(12-5-3-2-4-6-12)16-8-7-13-9-15-10-14(13)16;5-4(6)3-1-2-3/h2-6,13,15-17H,7-12H2,1H3;2-6,11,13-15H,7-10H2,1H3;3H,1-2H2,(H,5,6)/t13-,16-,17+;11-,13-,14+;/m11./s1. The second-order valence-corrected chi connectivity index (χ2v) is 13.7. The summed E-state index contributed by atoms with van der Waals surface area (Å²) in [6, 6.07) is 24.0. The maximum Gasteiger partial charge on any atom is 0.306 e. The Morgan fingerprint density at radius 3 is 1.74 bits per heavy atom. The molecule has 7 heteroatoms. The highest BCUT2D eigenvalue weighted by Gasteiger charge is 2.46. The minimum atomic E-state index is -0.630. The van der Waals surface area contributed by atoms with Crippen LogP contribution in [0.3, 0.4) is 0 Å². The van der Waals surface area contributed by atoms with Gasteiger partial charge in [0.05, 0.1) is 5.92 Å². The summed E-state index contributed by atoms with van der Waals surface area (Å²) in [5.41, 5.74) is 2.85. The molecule has 2 aromatic carbocycles. The molecule has 8 rings (SSSR count). The number of rotatable bonds is 6. The van der Waals surface area contributed by atoms with Crippen LogP contribution >= 0.6 is 0 Å². The first kappa shape index (κ1) is 30.3. The average Bonchev–Trinajstić information content (AvgIpc) is 3.89. The molecule has 6 atom stereocenters. The average molecular weight is 587 g/mol. The molecule has 4 saturated heterocycles. The molecule has 0 spiro atoms. The predicted molar refractivity (Wildman–Crippen MR) is 169 cm³/mol. The molecular weight excluding hydrogens is 536 g/mol. The second kappa shape index (κ2) is 13.5. The summed E-state index contributed by atoms with van der Waals surface area (Å²) < 4.78 is 0. The number of fused-ring (bicyclic) bond motifs is 2. The molecule has 232 valence electrons. The SMILES string of the molecule is C[C@H](c1ccccc1)N1CC[C@@H]2CN(C(=O)C3CC3)C[C@@H]21.C[C@H](c1ccccc1)N1CC[C@@H]2CNC[C@@H]21.O=C(O)C1CC1. The largest absolute Gasteiger partial charge is 0.481 e. The first-order valence-corrected chi connectivity index (χ1v) is 16.7. The van der Waals surface area contributed by atoms with Crippen LogP contribution in [0.4, 0.5) is 0 Å². The van der Waals surface area contributed by atoms with E-state index in [2.05, 4.69) is 94.5 Å². The summed E-state index contributed by atoms with van der Waals surface area (Å²) in [6.45, 7) is 11.5. The molecule has 6 fully saturated rings. The zero-order valence-electron chi connectivity index (χ0n) is 26.0. The Morgan fingerprint density at radius 1 is 0.698 bits per heavy atom. The summed E-state index contributed by atoms with van der Waals surface area (Å²) in [6.07, 6.45) is 6.65. The highest BCUT2D eigenvalue weighted by Crippen LogP contribution is 2.40. The van der Waals surface area contributed by atoms with Gasteiger partial charge < -0.3 is 15.3 Å². The number of amides is 1. The van der Waals surface area contributed by atoms with E-state index in [1.807, 2.05) is 0 Å². The first-order chi connectivity index (χ1) is 20.9. The van der Waals surface area contributed by atoms with Crippen molar-refractivity contribution in [3.8, 4) is 0 Å². The molecule has 2 N–H and O–H groups in total. The fraction of sp³-hybridized carbons (Fsp3) is 0.611. The third kappa shape index (κ3) is 7.16. The molecule has 2 aliphatic carbocycles. The predicted octanol–water partition coefficient (Wildman–Crippen LogP) is 5.21. The fourth-order valence-corrected chi connectivity index (χ4v) is 7.78. The third-order valence-corrected chi connectivity index (χ3v) is 10.8. The van der Waals surface area contributed by atoms with E-state index >= 15 is 0 Å². The van der Waals surface area contributed by atoms with Gasteiger partial charge in [0.2, 0.25) is 5.91 Å². The molecular formula is C36H50N4O3. The highest BCUT2D eigenvalue weighted by molar-refractivity contribution is 5.81. The van der Waals surface area contributed by atoms with Crippen LogP contribution in [0.1, 0.15) is 75.6 Å². The van der Waals surface area contributed by atoms with Gasteiger partial charge in [-0.05, 0) is 95.0 Å². The number of likely N-dealkylation sites (tertiary alicyclic amines) is 3. The Hall–Kier alpha value is -2.74. The zero-order chi connectivity index (χ0) is 29.9. The van der Waals surface area contributed by atoms with Crippen molar-refractivity contribution < 1.29 is 14.7 Å². The van der Waals surface area contributed by atoms with E-state index in [1.165, 1.54) is 50.1 Å². The van der Waals surface area contributed by atoms with Crippen molar-refractivity contribution in [2.45, 2.75) is 76.5 Å². The Morgan fingerprint density at radius 2 is 1.23 bits per heavy atom. The minimum Gasteiger partial charge on any atom is -0.481 e. The lowest BCUT2D eigenvalue weighted by Gasteiger charge is -2.31. The van der Waals surface area contributed by atoms with Crippen molar-refractivity contribution in [3.05, 3.63) is 71.8 Å². The number of carbonyl (C=O) groups is 2. The number of hydrogen-bond donors (Lipinski definition) is 2. The maximum atomic E-state index is 12.3. The third-order valence-electron chi connectivity index (χ3n) is 10.8. The van der Waals surface area contributed by atoms with Gasteiger partial charge in [0.15, 0.2) is 0 Å². The summed E-state index contributed by atoms with van der Waals surface area (Å²) in [5, 5.41) is 11.6. The summed E-state index contributed by atoms with van der Waals surface area (Å²) in [5.74, 6) is 1.77. The lowest BCUT2D eigenvalue weighted by Crippen LogP contribution is -2.38. The Labute approximate surface area is 257 Å². The van der Waals surface area contributed by atoms with Crippen LogP contribution in [0, 0.1) is 23.7 Å². The summed E-state index contributed by atoms with van der Waals surface area (Å²) in [7, 11) is 0. The van der Waals surface area contributed by atoms with E-state index in [0.717, 1.165) is 50.7 Å². The minimum absolute atomic E-state index is 0.0185. The molecule has 0 unspecified atom stereocenters. The van der Waals surface area contributed by atoms with E-state index < -0.39 is 5.97 Å². The normalized spacial score (nSPS) is 29.5. The van der Waals surface area contributed by atoms with E-state index in [4.69, 9.17) is 5.11 Å². The van der Waals surface area contributed by atoms with Gasteiger partial charge in [0.25, 0.3) is 0 Å². The number of nitrogens with one attached hydrogen (secondary N) is 1. The van der Waals surface area contributed by atoms with Crippen LogP contribution in [0.15, 0.2) is 60.7 Å². The number of carboxylic acids is 1. The van der Waals surface area contributed by atoms with Crippen molar-refractivity contribution in [1.29, 1.82) is 0 Å². The van der Waals surface area contributed by atoms with Gasteiger partial charge in [0.1, 0.15) is 0 Å². The van der Waals surface area contributed by atoms with Gasteiger partial charge in [-0.2, -0.15) is 0 Å². The van der Waals surface area contributed by atoms with Crippen LogP contribution < -0.4 is 5.32 Å². The Bertz CT molecular complexity index is 1220. The number of aliphatic carboxylic acids is 1. The van der Waals surface area contributed by atoms with Crippen LogP contribution in [0.2, 0.25) is 0 Å². The van der Waals surface area contributed by atoms with E-state index in [-0.39, 0.29) is 5.92 Å². The molecule has 4 heterocycles. The molecule has 2 saturated carbocycles. The van der Waals surface area contributed by atoms with Gasteiger partial charge in [-0.15, -0.1) is 0 Å². The molecule has 1 amide bonds. The van der Waals surface area contributed by atoms with Crippen LogP contribution in [-0.4, -0.2) is 83.0 Å². The molecule has 0 bridgehead atoms. The molecule has 43 heavy (non-hydrogen) atoms. The monoisotopic (exact) mass is 586 g/mol. The molecule has 4 aliphatic heterocycles.